The minimum absolute atomic E-state index is 0.280. The maximum atomic E-state index is 12.5. The van der Waals surface area contributed by atoms with Gasteiger partial charge in [0, 0.05) is 25.4 Å². The van der Waals surface area contributed by atoms with Crippen LogP contribution in [0.1, 0.15) is 18.4 Å². The Bertz CT molecular complexity index is 885. The molecule has 0 aliphatic carbocycles. The molecule has 0 bridgehead atoms. The van der Waals surface area contributed by atoms with Crippen molar-refractivity contribution < 1.29 is 4.79 Å². The number of imidazole rings is 1. The number of carbonyl (C=O) groups is 1. The van der Waals surface area contributed by atoms with Crippen LogP contribution in [-0.2, 0) is 17.1 Å². The highest BCUT2D eigenvalue weighted by molar-refractivity contribution is 7.99. The molecule has 1 aliphatic heterocycles. The smallest absolute Gasteiger partial charge is 0.232 e. The molecule has 0 radical (unpaired) electrons. The summed E-state index contributed by atoms with van der Waals surface area (Å²) in [7, 11) is 0. The number of benzene rings is 2. The van der Waals surface area contributed by atoms with Gasteiger partial charge in [-0.05, 0) is 36.5 Å². The summed E-state index contributed by atoms with van der Waals surface area (Å²) in [4.78, 5) is 19.0. The molecule has 1 aliphatic rings. The summed E-state index contributed by atoms with van der Waals surface area (Å²) in [5, 5.41) is 0. The molecule has 1 aromatic heterocycles. The number of likely N-dealkylation sites (tertiary alicyclic amines) is 1. The monoisotopic (exact) mass is 379 g/mol. The van der Waals surface area contributed by atoms with Gasteiger partial charge in [-0.3, -0.25) is 4.79 Å². The van der Waals surface area contributed by atoms with E-state index in [1.807, 2.05) is 35.5 Å². The van der Waals surface area contributed by atoms with Gasteiger partial charge in [-0.15, -0.1) is 11.8 Å². The molecule has 0 saturated carbocycles. The summed E-state index contributed by atoms with van der Waals surface area (Å²) in [6, 6.07) is 18.6. The van der Waals surface area contributed by atoms with Crippen LogP contribution in [0.25, 0.3) is 11.0 Å². The van der Waals surface area contributed by atoms with Gasteiger partial charge in [0.25, 0.3) is 0 Å². The van der Waals surface area contributed by atoms with E-state index in [0.29, 0.717) is 11.7 Å². The average molecular weight is 380 g/mol. The first kappa shape index (κ1) is 18.1. The first-order valence-electron chi connectivity index (χ1n) is 9.59. The van der Waals surface area contributed by atoms with Crippen LogP contribution < -0.4 is 0 Å². The van der Waals surface area contributed by atoms with E-state index in [-0.39, 0.29) is 5.91 Å². The van der Waals surface area contributed by atoms with Crippen LogP contribution in [0.4, 0.5) is 0 Å². The summed E-state index contributed by atoms with van der Waals surface area (Å²) >= 11 is 1.71. The van der Waals surface area contributed by atoms with Gasteiger partial charge >= 0.3 is 0 Å². The van der Waals surface area contributed by atoms with Gasteiger partial charge in [0.2, 0.25) is 5.91 Å². The first-order chi connectivity index (χ1) is 13.3. The Hall–Kier alpha value is -2.27. The fourth-order valence-corrected chi connectivity index (χ4v) is 4.61. The highest BCUT2D eigenvalue weighted by atomic mass is 32.2. The molecule has 1 fully saturated rings. The standard InChI is InChI=1S/C22H25N3OS/c26-22(16-27-15-19-6-2-1-3-7-19)24-12-10-18(11-13-24)14-25-17-23-20-8-4-5-9-21(20)25/h1-9,17-18H,10-16H2. The summed E-state index contributed by atoms with van der Waals surface area (Å²) in [5.74, 6) is 2.37. The van der Waals surface area contributed by atoms with Gasteiger partial charge < -0.3 is 9.47 Å². The van der Waals surface area contributed by atoms with Crippen molar-refractivity contribution in [3.8, 4) is 0 Å². The minimum atomic E-state index is 0.280. The van der Waals surface area contributed by atoms with Crippen LogP contribution >= 0.6 is 11.8 Å². The number of rotatable bonds is 6. The van der Waals surface area contributed by atoms with Crippen molar-refractivity contribution >= 4 is 28.7 Å². The lowest BCUT2D eigenvalue weighted by atomic mass is 9.96. The molecule has 1 saturated heterocycles. The van der Waals surface area contributed by atoms with E-state index in [9.17, 15) is 4.79 Å². The highest BCUT2D eigenvalue weighted by Gasteiger charge is 2.23. The van der Waals surface area contributed by atoms with Crippen molar-refractivity contribution in [2.24, 2.45) is 5.92 Å². The summed E-state index contributed by atoms with van der Waals surface area (Å²) in [5.41, 5.74) is 3.54. The quantitative estimate of drug-likeness (QED) is 0.644. The predicted molar refractivity (Wildman–Crippen MR) is 112 cm³/mol. The van der Waals surface area contributed by atoms with Crippen LogP contribution in [0, 0.1) is 5.92 Å². The largest absolute Gasteiger partial charge is 0.342 e. The van der Waals surface area contributed by atoms with Crippen LogP contribution in [0.15, 0.2) is 60.9 Å². The molecule has 2 heterocycles. The number of thioether (sulfide) groups is 1. The SMILES string of the molecule is O=C(CSCc1ccccc1)N1CCC(Cn2cnc3ccccc32)CC1. The third-order valence-corrected chi connectivity index (χ3v) is 6.28. The van der Waals surface area contributed by atoms with Crippen molar-refractivity contribution in [1.29, 1.82) is 0 Å². The van der Waals surface area contributed by atoms with Gasteiger partial charge in [-0.2, -0.15) is 0 Å². The van der Waals surface area contributed by atoms with E-state index in [1.165, 1.54) is 11.1 Å². The van der Waals surface area contributed by atoms with Crippen LogP contribution in [-0.4, -0.2) is 39.2 Å². The van der Waals surface area contributed by atoms with E-state index < -0.39 is 0 Å². The van der Waals surface area contributed by atoms with Gasteiger partial charge in [-0.1, -0.05) is 42.5 Å². The van der Waals surface area contributed by atoms with Crippen molar-refractivity contribution in [1.82, 2.24) is 14.5 Å². The van der Waals surface area contributed by atoms with Crippen LogP contribution in [0.5, 0.6) is 0 Å². The Balaban J connectivity index is 1.23. The zero-order valence-electron chi connectivity index (χ0n) is 15.5. The van der Waals surface area contributed by atoms with Crippen LogP contribution in [0.3, 0.4) is 0 Å². The second-order valence-electron chi connectivity index (χ2n) is 7.19. The molecule has 3 aromatic rings. The minimum Gasteiger partial charge on any atom is -0.342 e. The molecule has 4 nitrogen and oxygen atoms in total. The number of hydrogen-bond donors (Lipinski definition) is 0. The molecule has 2 aromatic carbocycles. The predicted octanol–water partition coefficient (Wildman–Crippen LogP) is 4.21. The number of amides is 1. The van der Waals surface area contributed by atoms with Crippen LogP contribution in [0.2, 0.25) is 0 Å². The second kappa shape index (κ2) is 8.61. The van der Waals surface area contributed by atoms with Crippen molar-refractivity contribution in [3.63, 3.8) is 0 Å². The number of aromatic nitrogens is 2. The number of para-hydroxylation sites is 2. The van der Waals surface area contributed by atoms with Gasteiger partial charge in [0.15, 0.2) is 0 Å². The summed E-state index contributed by atoms with van der Waals surface area (Å²) < 4.78 is 2.26. The number of fused-ring (bicyclic) bond motifs is 1. The molecule has 1 amide bonds. The molecule has 27 heavy (non-hydrogen) atoms. The van der Waals surface area contributed by atoms with E-state index in [2.05, 4.69) is 39.9 Å². The zero-order valence-corrected chi connectivity index (χ0v) is 16.3. The second-order valence-corrected chi connectivity index (χ2v) is 8.17. The van der Waals surface area contributed by atoms with E-state index in [1.54, 1.807) is 11.8 Å². The highest BCUT2D eigenvalue weighted by Crippen LogP contribution is 2.22. The Morgan fingerprint density at radius 3 is 2.59 bits per heavy atom. The van der Waals surface area contributed by atoms with Crippen molar-refractivity contribution in [2.75, 3.05) is 18.8 Å². The number of hydrogen-bond acceptors (Lipinski definition) is 3. The number of nitrogens with zero attached hydrogens (tertiary/aromatic N) is 3. The lowest BCUT2D eigenvalue weighted by molar-refractivity contribution is -0.129. The molecular weight excluding hydrogens is 354 g/mol. The maximum Gasteiger partial charge on any atom is 0.232 e. The molecule has 5 heteroatoms. The van der Waals surface area contributed by atoms with Crippen molar-refractivity contribution in [2.45, 2.75) is 25.1 Å². The van der Waals surface area contributed by atoms with E-state index in [4.69, 9.17) is 0 Å². The molecule has 140 valence electrons. The lowest BCUT2D eigenvalue weighted by Gasteiger charge is -2.32. The Kier molecular flexibility index (Phi) is 5.78. The third-order valence-electron chi connectivity index (χ3n) is 5.29. The van der Waals surface area contributed by atoms with E-state index in [0.717, 1.165) is 43.7 Å². The Morgan fingerprint density at radius 2 is 1.78 bits per heavy atom. The van der Waals surface area contributed by atoms with Gasteiger partial charge in [0.1, 0.15) is 0 Å². The number of carbonyl (C=O) groups excluding carboxylic acids is 1. The van der Waals surface area contributed by atoms with E-state index >= 15 is 0 Å². The number of piperidine rings is 1. The summed E-state index contributed by atoms with van der Waals surface area (Å²) in [6.45, 7) is 2.75. The van der Waals surface area contributed by atoms with Gasteiger partial charge in [-0.25, -0.2) is 4.98 Å². The fourth-order valence-electron chi connectivity index (χ4n) is 3.72. The maximum absolute atomic E-state index is 12.5. The molecule has 0 spiro atoms. The average Bonchev–Trinajstić information content (AvgIpc) is 3.12. The molecular formula is C22H25N3OS. The normalized spacial score (nSPS) is 15.3. The Morgan fingerprint density at radius 1 is 1.04 bits per heavy atom. The Labute approximate surface area is 164 Å². The zero-order chi connectivity index (χ0) is 18.5. The third kappa shape index (κ3) is 4.53. The molecule has 0 N–H and O–H groups in total. The lowest BCUT2D eigenvalue weighted by Crippen LogP contribution is -2.40. The first-order valence-corrected chi connectivity index (χ1v) is 10.7. The van der Waals surface area contributed by atoms with Gasteiger partial charge in [0.05, 0.1) is 23.1 Å². The summed E-state index contributed by atoms with van der Waals surface area (Å²) in [6.07, 6.45) is 4.09. The molecule has 0 unspecified atom stereocenters. The fraction of sp³-hybridized carbons (Fsp3) is 0.364. The van der Waals surface area contributed by atoms with Crippen molar-refractivity contribution in [3.05, 3.63) is 66.5 Å². The topological polar surface area (TPSA) is 38.1 Å². The molecule has 4 rings (SSSR count). The molecule has 0 atom stereocenters.